The van der Waals surface area contributed by atoms with E-state index >= 15 is 0 Å². The lowest BCUT2D eigenvalue weighted by Gasteiger charge is -2.24. The molecule has 4 rings (SSSR count). The number of nitrogens with zero attached hydrogens (tertiary/aromatic N) is 1. The van der Waals surface area contributed by atoms with Gasteiger partial charge in [-0.15, -0.1) is 0 Å². The van der Waals surface area contributed by atoms with Gasteiger partial charge >= 0.3 is 6.03 Å². The van der Waals surface area contributed by atoms with E-state index < -0.39 is 6.04 Å². The highest BCUT2D eigenvalue weighted by Gasteiger charge is 2.33. The van der Waals surface area contributed by atoms with Crippen molar-refractivity contribution < 1.29 is 14.3 Å². The number of carbonyl (C=O) groups is 2. The third-order valence-corrected chi connectivity index (χ3v) is 5.71. The highest BCUT2D eigenvalue weighted by atomic mass is 16.5. The summed E-state index contributed by atoms with van der Waals surface area (Å²) in [6.07, 6.45) is 2.26. The Hall–Kier alpha value is -3.80. The van der Waals surface area contributed by atoms with Gasteiger partial charge in [0.15, 0.2) is 0 Å². The van der Waals surface area contributed by atoms with Crippen LogP contribution in [0, 0.1) is 0 Å². The molecule has 3 aromatic carbocycles. The Balaban J connectivity index is 1.26. The summed E-state index contributed by atoms with van der Waals surface area (Å²) in [6.45, 7) is 1.31. The number of amides is 3. The van der Waals surface area contributed by atoms with E-state index in [1.54, 1.807) is 4.90 Å². The first kappa shape index (κ1) is 22.4. The number of anilines is 1. The molecule has 6 heteroatoms. The van der Waals surface area contributed by atoms with Gasteiger partial charge in [-0.2, -0.15) is 0 Å². The number of likely N-dealkylation sites (tertiary alicyclic amines) is 1. The molecule has 33 heavy (non-hydrogen) atoms. The summed E-state index contributed by atoms with van der Waals surface area (Å²) in [5, 5.41) is 5.79. The van der Waals surface area contributed by atoms with Gasteiger partial charge in [-0.3, -0.25) is 4.79 Å². The summed E-state index contributed by atoms with van der Waals surface area (Å²) in [4.78, 5) is 27.0. The van der Waals surface area contributed by atoms with Crippen molar-refractivity contribution in [1.82, 2.24) is 10.2 Å². The summed E-state index contributed by atoms with van der Waals surface area (Å²) >= 11 is 0. The van der Waals surface area contributed by atoms with Gasteiger partial charge in [-0.1, -0.05) is 66.7 Å². The Morgan fingerprint density at radius 2 is 1.61 bits per heavy atom. The summed E-state index contributed by atoms with van der Waals surface area (Å²) in [5.41, 5.74) is 3.04. The number of urea groups is 1. The first-order valence-corrected chi connectivity index (χ1v) is 11.4. The van der Waals surface area contributed by atoms with Crippen LogP contribution in [0.5, 0.6) is 5.75 Å². The minimum atomic E-state index is -0.459. The molecule has 3 amide bonds. The minimum Gasteiger partial charge on any atom is -0.491 e. The molecule has 2 N–H and O–H groups in total. The molecule has 0 aliphatic carbocycles. The van der Waals surface area contributed by atoms with Crippen LogP contribution in [0.3, 0.4) is 0 Å². The molecule has 1 heterocycles. The second-order valence-corrected chi connectivity index (χ2v) is 8.06. The van der Waals surface area contributed by atoms with Crippen LogP contribution in [0.15, 0.2) is 84.9 Å². The third kappa shape index (κ3) is 6.13. The molecule has 6 nitrogen and oxygen atoms in total. The molecule has 0 spiro atoms. The molecule has 170 valence electrons. The predicted molar refractivity (Wildman–Crippen MR) is 129 cm³/mol. The Kier molecular flexibility index (Phi) is 7.59. The molecule has 0 aromatic heterocycles. The predicted octanol–water partition coefficient (Wildman–Crippen LogP) is 4.47. The van der Waals surface area contributed by atoms with E-state index in [1.165, 1.54) is 5.56 Å². The first-order chi connectivity index (χ1) is 16.2. The summed E-state index contributed by atoms with van der Waals surface area (Å²) in [7, 11) is 0. The van der Waals surface area contributed by atoms with E-state index in [9.17, 15) is 9.59 Å². The monoisotopic (exact) mass is 443 g/mol. The van der Waals surface area contributed by atoms with Crippen LogP contribution in [0.25, 0.3) is 0 Å². The van der Waals surface area contributed by atoms with Gasteiger partial charge in [-0.05, 0) is 42.2 Å². The van der Waals surface area contributed by atoms with Crippen LogP contribution in [0.4, 0.5) is 10.5 Å². The molecule has 1 aliphatic heterocycles. The standard InChI is InChI=1S/C27H29N3O3/c31-26(24-15-9-18-30(24)27(32)29-23-13-5-2-6-14-23)28-17-19-33-25-16-8-7-12-22(25)20-21-10-3-1-4-11-21/h1-8,10-14,16,24H,9,15,17-20H2,(H,28,31)(H,29,32)/t24-/m0/s1. The lowest BCUT2D eigenvalue weighted by atomic mass is 10.0. The molecule has 1 atom stereocenters. The number of ether oxygens (including phenoxy) is 1. The molecule has 1 fully saturated rings. The lowest BCUT2D eigenvalue weighted by molar-refractivity contribution is -0.124. The highest BCUT2D eigenvalue weighted by molar-refractivity contribution is 5.94. The molecule has 0 bridgehead atoms. The van der Waals surface area contributed by atoms with Gasteiger partial charge < -0.3 is 20.3 Å². The maximum absolute atomic E-state index is 12.7. The van der Waals surface area contributed by atoms with Crippen LogP contribution in [0.1, 0.15) is 24.0 Å². The second kappa shape index (κ2) is 11.2. The molecular formula is C27H29N3O3. The van der Waals surface area contributed by atoms with E-state index in [0.29, 0.717) is 26.1 Å². The van der Waals surface area contributed by atoms with Crippen molar-refractivity contribution in [2.75, 3.05) is 25.0 Å². The molecule has 0 radical (unpaired) electrons. The first-order valence-electron chi connectivity index (χ1n) is 11.4. The van der Waals surface area contributed by atoms with Crippen molar-refractivity contribution in [3.63, 3.8) is 0 Å². The SMILES string of the molecule is O=C(NCCOc1ccccc1Cc1ccccc1)[C@@H]1CCCN1C(=O)Nc1ccccc1. The van der Waals surface area contributed by atoms with Gasteiger partial charge in [0.25, 0.3) is 0 Å². The molecule has 1 aliphatic rings. The van der Waals surface area contributed by atoms with Crippen molar-refractivity contribution >= 4 is 17.6 Å². The Morgan fingerprint density at radius 3 is 2.39 bits per heavy atom. The quantitative estimate of drug-likeness (QED) is 0.505. The van der Waals surface area contributed by atoms with Crippen LogP contribution in [-0.2, 0) is 11.2 Å². The van der Waals surface area contributed by atoms with Gasteiger partial charge in [0.2, 0.25) is 5.91 Å². The molecule has 0 unspecified atom stereocenters. The van der Waals surface area contributed by atoms with E-state index in [1.807, 2.05) is 66.7 Å². The zero-order valence-electron chi connectivity index (χ0n) is 18.6. The minimum absolute atomic E-state index is 0.142. The van der Waals surface area contributed by atoms with Gasteiger partial charge in [-0.25, -0.2) is 4.79 Å². The molecule has 3 aromatic rings. The van der Waals surface area contributed by atoms with Gasteiger partial charge in [0.1, 0.15) is 18.4 Å². The Morgan fingerprint density at radius 1 is 0.909 bits per heavy atom. The van der Waals surface area contributed by atoms with Crippen molar-refractivity contribution in [2.24, 2.45) is 0 Å². The fourth-order valence-electron chi connectivity index (χ4n) is 4.06. The second-order valence-electron chi connectivity index (χ2n) is 8.06. The van der Waals surface area contributed by atoms with Gasteiger partial charge in [0, 0.05) is 18.7 Å². The molecule has 1 saturated heterocycles. The van der Waals surface area contributed by atoms with E-state index in [4.69, 9.17) is 4.74 Å². The highest BCUT2D eigenvalue weighted by Crippen LogP contribution is 2.22. The smallest absolute Gasteiger partial charge is 0.322 e. The van der Waals surface area contributed by atoms with Crippen molar-refractivity contribution in [2.45, 2.75) is 25.3 Å². The van der Waals surface area contributed by atoms with Crippen molar-refractivity contribution in [3.8, 4) is 5.75 Å². The average Bonchev–Trinajstić information content (AvgIpc) is 3.34. The van der Waals surface area contributed by atoms with E-state index in [0.717, 1.165) is 29.8 Å². The normalized spacial score (nSPS) is 15.2. The zero-order valence-corrected chi connectivity index (χ0v) is 18.6. The average molecular weight is 444 g/mol. The maximum atomic E-state index is 12.7. The Labute approximate surface area is 194 Å². The van der Waals surface area contributed by atoms with Crippen LogP contribution in [-0.4, -0.2) is 42.6 Å². The number of benzene rings is 3. The maximum Gasteiger partial charge on any atom is 0.322 e. The number of hydrogen-bond acceptors (Lipinski definition) is 3. The zero-order chi connectivity index (χ0) is 22.9. The summed E-state index contributed by atoms with van der Waals surface area (Å²) in [6, 6.07) is 26.8. The van der Waals surface area contributed by atoms with E-state index in [-0.39, 0.29) is 11.9 Å². The number of para-hydroxylation sites is 2. The largest absolute Gasteiger partial charge is 0.491 e. The number of nitrogens with one attached hydrogen (secondary N) is 2. The van der Waals surface area contributed by atoms with Crippen LogP contribution >= 0.6 is 0 Å². The molecular weight excluding hydrogens is 414 g/mol. The number of hydrogen-bond donors (Lipinski definition) is 2. The summed E-state index contributed by atoms with van der Waals surface area (Å²) in [5.74, 6) is 0.678. The van der Waals surface area contributed by atoms with Crippen LogP contribution in [0.2, 0.25) is 0 Å². The fourth-order valence-corrected chi connectivity index (χ4v) is 4.06. The van der Waals surface area contributed by atoms with Gasteiger partial charge in [0.05, 0.1) is 6.54 Å². The molecule has 0 saturated carbocycles. The van der Waals surface area contributed by atoms with Crippen LogP contribution < -0.4 is 15.4 Å². The van der Waals surface area contributed by atoms with Crippen molar-refractivity contribution in [3.05, 3.63) is 96.1 Å². The fraction of sp³-hybridized carbons (Fsp3) is 0.259. The lowest BCUT2D eigenvalue weighted by Crippen LogP contribution is -2.48. The third-order valence-electron chi connectivity index (χ3n) is 5.71. The Bertz CT molecular complexity index is 1060. The van der Waals surface area contributed by atoms with Crippen molar-refractivity contribution in [1.29, 1.82) is 0 Å². The topological polar surface area (TPSA) is 70.7 Å². The summed E-state index contributed by atoms with van der Waals surface area (Å²) < 4.78 is 5.97. The number of rotatable bonds is 8. The van der Waals surface area contributed by atoms with E-state index in [2.05, 4.69) is 28.8 Å². The number of carbonyl (C=O) groups excluding carboxylic acids is 2.